The first-order valence-corrected chi connectivity index (χ1v) is 8.04. The molecule has 122 valence electrons. The van der Waals surface area contributed by atoms with E-state index in [-0.39, 0.29) is 5.63 Å². The second kappa shape index (κ2) is 6.29. The monoisotopic (exact) mass is 328 g/mol. The Morgan fingerprint density at radius 3 is 1.92 bits per heavy atom. The first kappa shape index (κ1) is 15.2. The SMILES string of the molecule is COc1cccc2oc(=O)c(-c3ccccc3)c(-c3ccccc3)c12. The van der Waals surface area contributed by atoms with Crippen molar-refractivity contribution in [3.63, 3.8) is 0 Å². The topological polar surface area (TPSA) is 39.4 Å². The standard InChI is InChI=1S/C22H16O3/c1-24-17-13-8-14-18-21(17)19(15-9-4-2-5-10-15)20(22(23)25-18)16-11-6-3-7-12-16/h2-14H,1H3. The molecule has 4 aromatic rings. The van der Waals surface area contributed by atoms with E-state index in [0.29, 0.717) is 16.9 Å². The van der Waals surface area contributed by atoms with Gasteiger partial charge in [0.2, 0.25) is 0 Å². The molecule has 1 heterocycles. The fourth-order valence-electron chi connectivity index (χ4n) is 3.15. The summed E-state index contributed by atoms with van der Waals surface area (Å²) in [5.74, 6) is 0.678. The van der Waals surface area contributed by atoms with Crippen LogP contribution in [0.4, 0.5) is 0 Å². The zero-order chi connectivity index (χ0) is 17.2. The number of methoxy groups -OCH3 is 1. The molecule has 0 fully saturated rings. The third-order valence-electron chi connectivity index (χ3n) is 4.24. The molecule has 3 aromatic carbocycles. The third-order valence-corrected chi connectivity index (χ3v) is 4.24. The van der Waals surface area contributed by atoms with Crippen molar-refractivity contribution in [2.24, 2.45) is 0 Å². The minimum absolute atomic E-state index is 0.356. The summed E-state index contributed by atoms with van der Waals surface area (Å²) < 4.78 is 11.2. The van der Waals surface area contributed by atoms with Crippen LogP contribution in [0.5, 0.6) is 5.75 Å². The van der Waals surface area contributed by atoms with Crippen molar-refractivity contribution in [2.75, 3.05) is 7.11 Å². The van der Waals surface area contributed by atoms with Crippen LogP contribution in [0.3, 0.4) is 0 Å². The fraction of sp³-hybridized carbons (Fsp3) is 0.0455. The lowest BCUT2D eigenvalue weighted by molar-refractivity contribution is 0.419. The Bertz CT molecular complexity index is 1080. The van der Waals surface area contributed by atoms with Crippen molar-refractivity contribution in [3.05, 3.63) is 89.3 Å². The van der Waals surface area contributed by atoms with E-state index in [4.69, 9.17) is 9.15 Å². The Labute approximate surface area is 145 Å². The van der Waals surface area contributed by atoms with Crippen molar-refractivity contribution in [3.8, 4) is 28.0 Å². The van der Waals surface area contributed by atoms with E-state index in [2.05, 4.69) is 0 Å². The largest absolute Gasteiger partial charge is 0.496 e. The second-order valence-corrected chi connectivity index (χ2v) is 5.70. The normalized spacial score (nSPS) is 10.8. The summed E-state index contributed by atoms with van der Waals surface area (Å²) in [6.45, 7) is 0. The molecule has 0 bridgehead atoms. The number of hydrogen-bond acceptors (Lipinski definition) is 3. The van der Waals surface area contributed by atoms with Gasteiger partial charge in [0.25, 0.3) is 0 Å². The minimum atomic E-state index is -0.356. The van der Waals surface area contributed by atoms with Crippen LogP contribution in [0.1, 0.15) is 0 Å². The molecule has 0 N–H and O–H groups in total. The number of hydrogen-bond donors (Lipinski definition) is 0. The van der Waals surface area contributed by atoms with Crippen LogP contribution in [0, 0.1) is 0 Å². The third kappa shape index (κ3) is 2.60. The van der Waals surface area contributed by atoms with Crippen molar-refractivity contribution < 1.29 is 9.15 Å². The molecule has 0 radical (unpaired) electrons. The van der Waals surface area contributed by atoms with E-state index < -0.39 is 0 Å². The Morgan fingerprint density at radius 2 is 1.32 bits per heavy atom. The van der Waals surface area contributed by atoms with Crippen LogP contribution in [-0.4, -0.2) is 7.11 Å². The molecule has 0 aliphatic carbocycles. The molecule has 1 aromatic heterocycles. The van der Waals surface area contributed by atoms with Crippen molar-refractivity contribution in [1.29, 1.82) is 0 Å². The highest BCUT2D eigenvalue weighted by molar-refractivity contribution is 6.04. The summed E-state index contributed by atoms with van der Waals surface area (Å²) >= 11 is 0. The quantitative estimate of drug-likeness (QED) is 0.489. The lowest BCUT2D eigenvalue weighted by atomic mass is 9.93. The van der Waals surface area contributed by atoms with Gasteiger partial charge in [0, 0.05) is 5.56 Å². The average Bonchev–Trinajstić information content (AvgIpc) is 2.67. The highest BCUT2D eigenvalue weighted by Gasteiger charge is 2.20. The van der Waals surface area contributed by atoms with Crippen LogP contribution in [0.25, 0.3) is 33.2 Å². The van der Waals surface area contributed by atoms with Gasteiger partial charge >= 0.3 is 5.63 Å². The Balaban J connectivity index is 2.22. The summed E-state index contributed by atoms with van der Waals surface area (Å²) in [5, 5.41) is 0.801. The Morgan fingerprint density at radius 1 is 0.720 bits per heavy atom. The van der Waals surface area contributed by atoms with Gasteiger partial charge in [-0.25, -0.2) is 4.79 Å². The maximum absolute atomic E-state index is 12.8. The van der Waals surface area contributed by atoms with Gasteiger partial charge < -0.3 is 9.15 Å². The molecule has 0 unspecified atom stereocenters. The van der Waals surface area contributed by atoms with Crippen molar-refractivity contribution in [2.45, 2.75) is 0 Å². The van der Waals surface area contributed by atoms with Crippen LogP contribution >= 0.6 is 0 Å². The van der Waals surface area contributed by atoms with E-state index in [9.17, 15) is 4.79 Å². The molecule has 0 aliphatic heterocycles. The first-order valence-electron chi connectivity index (χ1n) is 8.04. The number of fused-ring (bicyclic) bond motifs is 1. The molecular formula is C22H16O3. The summed E-state index contributed by atoms with van der Waals surface area (Å²) in [4.78, 5) is 12.8. The molecule has 0 aliphatic rings. The molecule has 0 amide bonds. The smallest absolute Gasteiger partial charge is 0.344 e. The molecule has 0 atom stereocenters. The van der Waals surface area contributed by atoms with Crippen molar-refractivity contribution in [1.82, 2.24) is 0 Å². The van der Waals surface area contributed by atoms with Crippen LogP contribution < -0.4 is 10.4 Å². The summed E-state index contributed by atoms with van der Waals surface area (Å²) in [6.07, 6.45) is 0. The van der Waals surface area contributed by atoms with E-state index in [0.717, 1.165) is 22.1 Å². The van der Waals surface area contributed by atoms with Gasteiger partial charge in [-0.15, -0.1) is 0 Å². The molecule has 25 heavy (non-hydrogen) atoms. The summed E-state index contributed by atoms with van der Waals surface area (Å²) in [6, 6.07) is 24.9. The molecule has 0 saturated heterocycles. The van der Waals surface area contributed by atoms with E-state index in [1.54, 1.807) is 13.2 Å². The Kier molecular flexibility index (Phi) is 3.82. The zero-order valence-corrected chi connectivity index (χ0v) is 13.7. The molecule has 0 spiro atoms. The van der Waals surface area contributed by atoms with Gasteiger partial charge in [0.05, 0.1) is 18.1 Å². The van der Waals surface area contributed by atoms with Crippen molar-refractivity contribution >= 4 is 11.0 Å². The summed E-state index contributed by atoms with van der Waals surface area (Å²) in [5.41, 5.74) is 3.31. The van der Waals surface area contributed by atoms with E-state index >= 15 is 0 Å². The van der Waals surface area contributed by atoms with Gasteiger partial charge in [-0.2, -0.15) is 0 Å². The van der Waals surface area contributed by atoms with E-state index in [1.165, 1.54) is 0 Å². The van der Waals surface area contributed by atoms with E-state index in [1.807, 2.05) is 72.8 Å². The molecule has 4 rings (SSSR count). The molecule has 0 saturated carbocycles. The minimum Gasteiger partial charge on any atom is -0.496 e. The van der Waals surface area contributed by atoms with Gasteiger partial charge in [-0.1, -0.05) is 66.7 Å². The predicted octanol–water partition coefficient (Wildman–Crippen LogP) is 5.14. The van der Waals surface area contributed by atoms with Gasteiger partial charge in [-0.05, 0) is 23.3 Å². The van der Waals surface area contributed by atoms with Gasteiger partial charge in [0.1, 0.15) is 11.3 Å². The van der Waals surface area contributed by atoms with Crippen LogP contribution in [0.15, 0.2) is 88.1 Å². The Hall–Kier alpha value is -3.33. The fourth-order valence-corrected chi connectivity index (χ4v) is 3.15. The molecule has 3 nitrogen and oxygen atoms in total. The predicted molar refractivity (Wildman–Crippen MR) is 99.9 cm³/mol. The highest BCUT2D eigenvalue weighted by Crippen LogP contribution is 2.39. The average molecular weight is 328 g/mol. The lowest BCUT2D eigenvalue weighted by Gasteiger charge is -2.14. The maximum atomic E-state index is 12.8. The molecule has 3 heteroatoms. The van der Waals surface area contributed by atoms with Crippen LogP contribution in [-0.2, 0) is 0 Å². The lowest BCUT2D eigenvalue weighted by Crippen LogP contribution is -2.06. The van der Waals surface area contributed by atoms with Gasteiger partial charge in [-0.3, -0.25) is 0 Å². The number of benzene rings is 3. The zero-order valence-electron chi connectivity index (χ0n) is 13.7. The number of ether oxygens (including phenoxy) is 1. The first-order chi connectivity index (χ1) is 12.3. The van der Waals surface area contributed by atoms with Gasteiger partial charge in [0.15, 0.2) is 0 Å². The maximum Gasteiger partial charge on any atom is 0.344 e. The second-order valence-electron chi connectivity index (χ2n) is 5.70. The van der Waals surface area contributed by atoms with Crippen LogP contribution in [0.2, 0.25) is 0 Å². The highest BCUT2D eigenvalue weighted by atomic mass is 16.5. The molecular weight excluding hydrogens is 312 g/mol. The summed E-state index contributed by atoms with van der Waals surface area (Å²) in [7, 11) is 1.62. The number of rotatable bonds is 3.